The van der Waals surface area contributed by atoms with Gasteiger partial charge in [0.1, 0.15) is 6.04 Å². The molecular weight excluding hydrogens is 222 g/mol. The number of primary amides is 1. The van der Waals surface area contributed by atoms with E-state index in [2.05, 4.69) is 4.98 Å². The van der Waals surface area contributed by atoms with Gasteiger partial charge in [0.15, 0.2) is 4.77 Å². The molecule has 2 aromatic rings. The van der Waals surface area contributed by atoms with Crippen molar-refractivity contribution in [2.24, 2.45) is 5.73 Å². The average Bonchev–Trinajstić information content (AvgIpc) is 2.54. The highest BCUT2D eigenvalue weighted by Crippen LogP contribution is 2.22. The maximum absolute atomic E-state index is 11.2. The standard InChI is InChI=1S/C11H13N3OS/c1-6-4-3-5-8-9(6)14(11(16)13-8)7(2)10(12)15/h3-5,7H,1-2H3,(H2,12,15)(H,13,16). The van der Waals surface area contributed by atoms with E-state index in [9.17, 15) is 4.79 Å². The zero-order valence-corrected chi connectivity index (χ0v) is 9.97. The number of nitrogens with one attached hydrogen (secondary N) is 1. The van der Waals surface area contributed by atoms with Gasteiger partial charge in [0.05, 0.1) is 11.0 Å². The van der Waals surface area contributed by atoms with Crippen molar-refractivity contribution in [2.75, 3.05) is 0 Å². The van der Waals surface area contributed by atoms with Crippen molar-refractivity contribution in [3.8, 4) is 0 Å². The van der Waals surface area contributed by atoms with E-state index >= 15 is 0 Å². The Balaban J connectivity index is 2.83. The van der Waals surface area contributed by atoms with Gasteiger partial charge in [0.25, 0.3) is 0 Å². The molecule has 1 amide bonds. The number of H-pyrrole nitrogens is 1. The molecule has 0 radical (unpaired) electrons. The second-order valence-corrected chi connectivity index (χ2v) is 4.24. The summed E-state index contributed by atoms with van der Waals surface area (Å²) in [6.07, 6.45) is 0. The van der Waals surface area contributed by atoms with Crippen molar-refractivity contribution < 1.29 is 4.79 Å². The molecule has 0 saturated carbocycles. The molecule has 2 rings (SSSR count). The molecule has 1 heterocycles. The third-order valence-corrected chi connectivity index (χ3v) is 3.04. The van der Waals surface area contributed by atoms with E-state index in [-0.39, 0.29) is 5.91 Å². The molecule has 0 fully saturated rings. The molecule has 5 heteroatoms. The number of para-hydroxylation sites is 1. The van der Waals surface area contributed by atoms with Crippen LogP contribution in [0.1, 0.15) is 18.5 Å². The quantitative estimate of drug-likeness (QED) is 0.782. The number of hydrogen-bond acceptors (Lipinski definition) is 2. The van der Waals surface area contributed by atoms with E-state index in [0.717, 1.165) is 16.6 Å². The molecule has 1 aromatic heterocycles. The summed E-state index contributed by atoms with van der Waals surface area (Å²) in [6.45, 7) is 3.73. The Morgan fingerprint density at radius 3 is 2.88 bits per heavy atom. The van der Waals surface area contributed by atoms with Crippen LogP contribution in [0.3, 0.4) is 0 Å². The number of fused-ring (bicyclic) bond motifs is 1. The summed E-state index contributed by atoms with van der Waals surface area (Å²) in [5, 5.41) is 0. The fraction of sp³-hybridized carbons (Fsp3) is 0.273. The van der Waals surface area contributed by atoms with Crippen molar-refractivity contribution >= 4 is 29.2 Å². The van der Waals surface area contributed by atoms with Gasteiger partial charge in [-0.2, -0.15) is 0 Å². The van der Waals surface area contributed by atoms with Crippen LogP contribution in [0.5, 0.6) is 0 Å². The number of carbonyl (C=O) groups excluding carboxylic acids is 1. The first-order chi connectivity index (χ1) is 7.52. The number of imidazole rings is 1. The molecule has 4 nitrogen and oxygen atoms in total. The van der Waals surface area contributed by atoms with Gasteiger partial charge in [-0.1, -0.05) is 12.1 Å². The Bertz CT molecular complexity index is 611. The van der Waals surface area contributed by atoms with Gasteiger partial charge >= 0.3 is 0 Å². The van der Waals surface area contributed by atoms with E-state index in [1.54, 1.807) is 11.5 Å². The van der Waals surface area contributed by atoms with Crippen LogP contribution in [0.2, 0.25) is 0 Å². The Morgan fingerprint density at radius 2 is 2.25 bits per heavy atom. The van der Waals surface area contributed by atoms with Gasteiger partial charge in [0, 0.05) is 0 Å². The molecule has 84 valence electrons. The lowest BCUT2D eigenvalue weighted by atomic mass is 10.2. The highest BCUT2D eigenvalue weighted by Gasteiger charge is 2.16. The summed E-state index contributed by atoms with van der Waals surface area (Å²) < 4.78 is 2.29. The highest BCUT2D eigenvalue weighted by molar-refractivity contribution is 7.71. The van der Waals surface area contributed by atoms with Gasteiger partial charge in [-0.05, 0) is 37.7 Å². The minimum absolute atomic E-state index is 0.389. The maximum Gasteiger partial charge on any atom is 0.240 e. The number of benzene rings is 1. The topological polar surface area (TPSA) is 63.8 Å². The predicted molar refractivity (Wildman–Crippen MR) is 65.8 cm³/mol. The number of aromatic amines is 1. The lowest BCUT2D eigenvalue weighted by Crippen LogP contribution is -2.24. The highest BCUT2D eigenvalue weighted by atomic mass is 32.1. The van der Waals surface area contributed by atoms with E-state index < -0.39 is 6.04 Å². The first-order valence-electron chi connectivity index (χ1n) is 5.01. The largest absolute Gasteiger partial charge is 0.368 e. The third-order valence-electron chi connectivity index (χ3n) is 2.74. The fourth-order valence-corrected chi connectivity index (χ4v) is 2.21. The normalized spacial score (nSPS) is 12.9. The summed E-state index contributed by atoms with van der Waals surface area (Å²) >= 11 is 5.21. The molecule has 1 aromatic carbocycles. The SMILES string of the molecule is Cc1cccc2[nH]c(=S)n(C(C)C(N)=O)c12. The monoisotopic (exact) mass is 235 g/mol. The molecule has 0 spiro atoms. The Kier molecular flexibility index (Phi) is 2.55. The van der Waals surface area contributed by atoms with Gasteiger partial charge < -0.3 is 15.3 Å². The lowest BCUT2D eigenvalue weighted by Gasteiger charge is -2.11. The number of nitrogens with two attached hydrogens (primary N) is 1. The van der Waals surface area contributed by atoms with Gasteiger partial charge in [-0.3, -0.25) is 4.79 Å². The van der Waals surface area contributed by atoms with Crippen LogP contribution in [0.25, 0.3) is 11.0 Å². The second-order valence-electron chi connectivity index (χ2n) is 3.85. The molecule has 0 aliphatic heterocycles. The second kappa shape index (κ2) is 3.75. The first kappa shape index (κ1) is 10.9. The molecule has 1 unspecified atom stereocenters. The molecule has 0 saturated heterocycles. The predicted octanol–water partition coefficient (Wildman–Crippen LogP) is 2.05. The summed E-state index contributed by atoms with van der Waals surface area (Å²) in [4.78, 5) is 14.3. The molecule has 0 aliphatic carbocycles. The van der Waals surface area contributed by atoms with Gasteiger partial charge in [-0.15, -0.1) is 0 Å². The van der Waals surface area contributed by atoms with E-state index in [1.807, 2.05) is 25.1 Å². The minimum Gasteiger partial charge on any atom is -0.368 e. The van der Waals surface area contributed by atoms with Crippen molar-refractivity contribution in [1.29, 1.82) is 0 Å². The van der Waals surface area contributed by atoms with Crippen LogP contribution in [0.4, 0.5) is 0 Å². The summed E-state index contributed by atoms with van der Waals surface area (Å²) in [5.41, 5.74) is 8.26. The Morgan fingerprint density at radius 1 is 1.56 bits per heavy atom. The molecule has 3 N–H and O–H groups in total. The number of rotatable bonds is 2. The van der Waals surface area contributed by atoms with Crippen molar-refractivity contribution in [1.82, 2.24) is 9.55 Å². The smallest absolute Gasteiger partial charge is 0.240 e. The van der Waals surface area contributed by atoms with Crippen LogP contribution in [-0.2, 0) is 4.79 Å². The zero-order chi connectivity index (χ0) is 11.9. The summed E-state index contributed by atoms with van der Waals surface area (Å²) in [5.74, 6) is -0.389. The summed E-state index contributed by atoms with van der Waals surface area (Å²) in [7, 11) is 0. The number of hydrogen-bond donors (Lipinski definition) is 2. The van der Waals surface area contributed by atoms with Crippen LogP contribution in [0.15, 0.2) is 18.2 Å². The van der Waals surface area contributed by atoms with E-state index in [1.165, 1.54) is 0 Å². The Labute approximate surface area is 98.1 Å². The first-order valence-corrected chi connectivity index (χ1v) is 5.42. The minimum atomic E-state index is -0.442. The zero-order valence-electron chi connectivity index (χ0n) is 9.15. The van der Waals surface area contributed by atoms with Crippen molar-refractivity contribution in [2.45, 2.75) is 19.9 Å². The van der Waals surface area contributed by atoms with Gasteiger partial charge in [0.2, 0.25) is 5.91 Å². The van der Waals surface area contributed by atoms with E-state index in [4.69, 9.17) is 18.0 Å². The third kappa shape index (κ3) is 1.53. The van der Waals surface area contributed by atoms with Crippen LogP contribution >= 0.6 is 12.2 Å². The van der Waals surface area contributed by atoms with Crippen LogP contribution < -0.4 is 5.73 Å². The molecular formula is C11H13N3OS. The van der Waals surface area contributed by atoms with Gasteiger partial charge in [-0.25, -0.2) is 0 Å². The average molecular weight is 235 g/mol. The molecule has 1 atom stereocenters. The molecule has 0 bridgehead atoms. The maximum atomic E-state index is 11.2. The number of aromatic nitrogens is 2. The summed E-state index contributed by atoms with van der Waals surface area (Å²) in [6, 6.07) is 5.42. The number of aryl methyl sites for hydroxylation is 1. The number of amides is 1. The Hall–Kier alpha value is -1.62. The van der Waals surface area contributed by atoms with E-state index in [0.29, 0.717) is 4.77 Å². The van der Waals surface area contributed by atoms with Crippen LogP contribution in [0, 0.1) is 11.7 Å². The van der Waals surface area contributed by atoms with Crippen molar-refractivity contribution in [3.05, 3.63) is 28.5 Å². The number of carbonyl (C=O) groups is 1. The number of nitrogens with zero attached hydrogens (tertiary/aromatic N) is 1. The molecule has 16 heavy (non-hydrogen) atoms. The fourth-order valence-electron chi connectivity index (χ4n) is 1.85. The van der Waals surface area contributed by atoms with Crippen molar-refractivity contribution in [3.63, 3.8) is 0 Å². The lowest BCUT2D eigenvalue weighted by molar-refractivity contribution is -0.120. The molecule has 0 aliphatic rings. The van der Waals surface area contributed by atoms with Crippen LogP contribution in [-0.4, -0.2) is 15.5 Å².